The van der Waals surface area contributed by atoms with Gasteiger partial charge >= 0.3 is 6.18 Å². The molecule has 0 unspecified atom stereocenters. The van der Waals surface area contributed by atoms with Crippen molar-refractivity contribution in [1.29, 1.82) is 0 Å². The van der Waals surface area contributed by atoms with E-state index < -0.39 is 23.5 Å². The molecule has 0 saturated heterocycles. The molecule has 0 atom stereocenters. The molecule has 0 saturated carbocycles. The summed E-state index contributed by atoms with van der Waals surface area (Å²) in [5.74, 6) is -1.17. The lowest BCUT2D eigenvalue weighted by Gasteiger charge is -2.16. The van der Waals surface area contributed by atoms with E-state index in [1.807, 2.05) is 0 Å². The number of hydrogen-bond donors (Lipinski definition) is 3. The molecule has 3 aromatic rings. The van der Waals surface area contributed by atoms with Crippen molar-refractivity contribution in [3.63, 3.8) is 0 Å². The Bertz CT molecular complexity index is 1190. The highest BCUT2D eigenvalue weighted by Gasteiger charge is 2.30. The summed E-state index contributed by atoms with van der Waals surface area (Å²) in [4.78, 5) is 12.5. The van der Waals surface area contributed by atoms with Crippen molar-refractivity contribution in [2.24, 2.45) is 0 Å². The van der Waals surface area contributed by atoms with Crippen LogP contribution in [0.2, 0.25) is 10.0 Å². The van der Waals surface area contributed by atoms with Crippen molar-refractivity contribution in [3.8, 4) is 0 Å². The summed E-state index contributed by atoms with van der Waals surface area (Å²) in [6, 6.07) is 12.2. The van der Waals surface area contributed by atoms with Gasteiger partial charge in [-0.25, -0.2) is 4.39 Å². The highest BCUT2D eigenvalue weighted by atomic mass is 35.5. The first-order valence-electron chi connectivity index (χ1n) is 8.84. The Balaban J connectivity index is 1.77. The minimum Gasteiger partial charge on any atom is -0.332 e. The third kappa shape index (κ3) is 6.09. The van der Waals surface area contributed by atoms with E-state index in [-0.39, 0.29) is 37.8 Å². The molecule has 3 aromatic carbocycles. The first-order chi connectivity index (χ1) is 15.0. The van der Waals surface area contributed by atoms with Gasteiger partial charge in [0, 0.05) is 11.3 Å². The Morgan fingerprint density at radius 2 is 1.59 bits per heavy atom. The lowest BCUT2D eigenvalue weighted by molar-refractivity contribution is -0.137. The van der Waals surface area contributed by atoms with Crippen molar-refractivity contribution in [2.45, 2.75) is 6.18 Å². The summed E-state index contributed by atoms with van der Waals surface area (Å²) in [6.07, 6.45) is -4.52. The van der Waals surface area contributed by atoms with Crippen molar-refractivity contribution >= 4 is 63.5 Å². The number of rotatable bonds is 4. The molecule has 0 aliphatic rings. The van der Waals surface area contributed by atoms with Gasteiger partial charge in [-0.05, 0) is 66.8 Å². The van der Waals surface area contributed by atoms with E-state index in [9.17, 15) is 22.4 Å². The largest absolute Gasteiger partial charge is 0.416 e. The fraction of sp³-hybridized carbons (Fsp3) is 0.0476. The molecular weight excluding hydrogens is 489 g/mol. The summed E-state index contributed by atoms with van der Waals surface area (Å²) in [6.45, 7) is 0. The van der Waals surface area contributed by atoms with E-state index >= 15 is 0 Å². The smallest absolute Gasteiger partial charge is 0.332 e. The molecular formula is C21H13Cl2F4N3OS. The van der Waals surface area contributed by atoms with Crippen LogP contribution in [0.15, 0.2) is 60.7 Å². The van der Waals surface area contributed by atoms with E-state index in [4.69, 9.17) is 35.4 Å². The number of benzene rings is 3. The molecule has 1 amide bonds. The number of anilines is 3. The van der Waals surface area contributed by atoms with Gasteiger partial charge in [0.2, 0.25) is 0 Å². The van der Waals surface area contributed by atoms with Crippen molar-refractivity contribution in [2.75, 3.05) is 16.0 Å². The summed E-state index contributed by atoms with van der Waals surface area (Å²) in [7, 11) is 0. The Labute approximate surface area is 195 Å². The highest BCUT2D eigenvalue weighted by Crippen LogP contribution is 2.31. The van der Waals surface area contributed by atoms with Crippen molar-refractivity contribution in [1.82, 2.24) is 0 Å². The zero-order valence-corrected chi connectivity index (χ0v) is 18.2. The number of carbonyl (C=O) groups excluding carboxylic acids is 1. The first kappa shape index (κ1) is 23.8. The molecule has 0 radical (unpaired) electrons. The zero-order chi connectivity index (χ0) is 23.5. The average molecular weight is 502 g/mol. The number of halogens is 6. The SMILES string of the molecule is O=C(Nc1ccc(F)cc1NC(=S)Nc1cccc(C(F)(F)F)c1)c1ccc(Cl)c(Cl)c1. The lowest BCUT2D eigenvalue weighted by atomic mass is 10.2. The van der Waals surface area contributed by atoms with Crippen LogP contribution in [0.1, 0.15) is 15.9 Å². The number of thiocarbonyl (C=S) groups is 1. The van der Waals surface area contributed by atoms with Crippen molar-refractivity contribution in [3.05, 3.63) is 87.7 Å². The molecule has 32 heavy (non-hydrogen) atoms. The topological polar surface area (TPSA) is 53.2 Å². The molecule has 0 fully saturated rings. The molecule has 0 aliphatic heterocycles. The molecule has 166 valence electrons. The maximum absolute atomic E-state index is 13.8. The number of nitrogens with one attached hydrogen (secondary N) is 3. The van der Waals surface area contributed by atoms with Gasteiger partial charge in [-0.1, -0.05) is 29.3 Å². The van der Waals surface area contributed by atoms with Gasteiger partial charge in [0.15, 0.2) is 5.11 Å². The van der Waals surface area contributed by atoms with Crippen LogP contribution in [0, 0.1) is 5.82 Å². The molecule has 0 bridgehead atoms. The maximum atomic E-state index is 13.8. The van der Waals surface area contributed by atoms with Crippen LogP contribution in [0.3, 0.4) is 0 Å². The second kappa shape index (κ2) is 9.72. The maximum Gasteiger partial charge on any atom is 0.416 e. The first-order valence-corrected chi connectivity index (χ1v) is 10.0. The quantitative estimate of drug-likeness (QED) is 0.261. The number of amides is 1. The summed E-state index contributed by atoms with van der Waals surface area (Å²) < 4.78 is 52.4. The molecule has 4 nitrogen and oxygen atoms in total. The Hall–Kier alpha value is -2.88. The van der Waals surface area contributed by atoms with Crippen LogP contribution in [0.25, 0.3) is 0 Å². The number of hydrogen-bond acceptors (Lipinski definition) is 2. The standard InChI is InChI=1S/C21H13Cl2F4N3OS/c22-15-6-4-11(8-16(15)23)19(31)29-17-7-5-13(24)10-18(17)30-20(32)28-14-3-1-2-12(9-14)21(25,26)27/h1-10H,(H,29,31)(H2,28,30,32). The van der Waals surface area contributed by atoms with Crippen LogP contribution in [0.4, 0.5) is 34.6 Å². The lowest BCUT2D eigenvalue weighted by Crippen LogP contribution is -2.21. The van der Waals surface area contributed by atoms with E-state index in [1.165, 1.54) is 36.4 Å². The second-order valence-electron chi connectivity index (χ2n) is 6.43. The van der Waals surface area contributed by atoms with Crippen LogP contribution in [-0.4, -0.2) is 11.0 Å². The highest BCUT2D eigenvalue weighted by molar-refractivity contribution is 7.80. The number of carbonyl (C=O) groups is 1. The average Bonchev–Trinajstić information content (AvgIpc) is 2.71. The van der Waals surface area contributed by atoms with E-state index in [0.717, 1.165) is 24.3 Å². The number of alkyl halides is 3. The predicted octanol–water partition coefficient (Wildman–Crippen LogP) is 7.21. The fourth-order valence-corrected chi connectivity index (χ4v) is 3.14. The van der Waals surface area contributed by atoms with Crippen molar-refractivity contribution < 1.29 is 22.4 Å². The molecule has 0 heterocycles. The fourth-order valence-electron chi connectivity index (χ4n) is 2.62. The predicted molar refractivity (Wildman–Crippen MR) is 122 cm³/mol. The molecule has 0 aliphatic carbocycles. The molecule has 11 heteroatoms. The summed E-state index contributed by atoms with van der Waals surface area (Å²) >= 11 is 16.9. The minimum absolute atomic E-state index is 0.0788. The van der Waals surface area contributed by atoms with Gasteiger partial charge in [-0.3, -0.25) is 4.79 Å². The van der Waals surface area contributed by atoms with Crippen LogP contribution in [-0.2, 0) is 6.18 Å². The molecule has 0 aromatic heterocycles. The zero-order valence-electron chi connectivity index (χ0n) is 15.9. The summed E-state index contributed by atoms with van der Waals surface area (Å²) in [5.41, 5.74) is -0.307. The Kier molecular flexibility index (Phi) is 7.22. The van der Waals surface area contributed by atoms with E-state index in [1.54, 1.807) is 0 Å². The van der Waals surface area contributed by atoms with Crippen LogP contribution in [0.5, 0.6) is 0 Å². The third-order valence-corrected chi connectivity index (χ3v) is 5.05. The summed E-state index contributed by atoms with van der Waals surface area (Å²) in [5, 5.41) is 8.22. The Morgan fingerprint density at radius 3 is 2.28 bits per heavy atom. The molecule has 3 rings (SSSR count). The Morgan fingerprint density at radius 1 is 0.844 bits per heavy atom. The van der Waals surface area contributed by atoms with Gasteiger partial charge < -0.3 is 16.0 Å². The third-order valence-electron chi connectivity index (χ3n) is 4.11. The van der Waals surface area contributed by atoms with E-state index in [0.29, 0.717) is 0 Å². The molecule has 0 spiro atoms. The van der Waals surface area contributed by atoms with E-state index in [2.05, 4.69) is 16.0 Å². The van der Waals surface area contributed by atoms with Crippen LogP contribution < -0.4 is 16.0 Å². The van der Waals surface area contributed by atoms with Gasteiger partial charge in [0.05, 0.1) is 27.0 Å². The molecule has 3 N–H and O–H groups in total. The minimum atomic E-state index is -4.52. The monoisotopic (exact) mass is 501 g/mol. The van der Waals surface area contributed by atoms with Crippen LogP contribution >= 0.6 is 35.4 Å². The van der Waals surface area contributed by atoms with Gasteiger partial charge in [-0.15, -0.1) is 0 Å². The second-order valence-corrected chi connectivity index (χ2v) is 7.65. The van der Waals surface area contributed by atoms with Gasteiger partial charge in [0.1, 0.15) is 5.82 Å². The normalized spacial score (nSPS) is 11.1. The van der Waals surface area contributed by atoms with Gasteiger partial charge in [-0.2, -0.15) is 13.2 Å². The van der Waals surface area contributed by atoms with Gasteiger partial charge in [0.25, 0.3) is 5.91 Å².